The summed E-state index contributed by atoms with van der Waals surface area (Å²) in [6.07, 6.45) is 1.81. The third-order valence-corrected chi connectivity index (χ3v) is 4.77. The van der Waals surface area contributed by atoms with Crippen molar-refractivity contribution in [3.63, 3.8) is 0 Å². The highest BCUT2D eigenvalue weighted by Gasteiger charge is 2.25. The van der Waals surface area contributed by atoms with Gasteiger partial charge in [-0.05, 0) is 38.8 Å². The SMILES string of the molecule is Cc1nc(CN2CCC(C(=O)NCC(C)CO)CC2)cs1. The summed E-state index contributed by atoms with van der Waals surface area (Å²) in [5, 5.41) is 15.1. The Hall–Kier alpha value is -0.980. The van der Waals surface area contributed by atoms with Gasteiger partial charge in [-0.1, -0.05) is 6.92 Å². The van der Waals surface area contributed by atoms with E-state index < -0.39 is 0 Å². The molecule has 1 aliphatic heterocycles. The molecule has 1 aliphatic rings. The maximum Gasteiger partial charge on any atom is 0.223 e. The number of aliphatic hydroxyl groups excluding tert-OH is 1. The highest BCUT2D eigenvalue weighted by Crippen LogP contribution is 2.20. The number of nitrogens with one attached hydrogen (secondary N) is 1. The van der Waals surface area contributed by atoms with E-state index in [4.69, 9.17) is 5.11 Å². The van der Waals surface area contributed by atoms with E-state index in [0.717, 1.165) is 43.2 Å². The number of carbonyl (C=O) groups is 1. The minimum Gasteiger partial charge on any atom is -0.396 e. The van der Waals surface area contributed by atoms with Crippen LogP contribution in [-0.2, 0) is 11.3 Å². The lowest BCUT2D eigenvalue weighted by molar-refractivity contribution is -0.126. The summed E-state index contributed by atoms with van der Waals surface area (Å²) in [6, 6.07) is 0. The first-order chi connectivity index (χ1) is 10.1. The molecule has 1 unspecified atom stereocenters. The predicted molar refractivity (Wildman–Crippen MR) is 84.1 cm³/mol. The number of nitrogens with zero attached hydrogens (tertiary/aromatic N) is 2. The van der Waals surface area contributed by atoms with Crippen molar-refractivity contribution in [3.8, 4) is 0 Å². The summed E-state index contributed by atoms with van der Waals surface area (Å²) in [7, 11) is 0. The fraction of sp³-hybridized carbons (Fsp3) is 0.733. The van der Waals surface area contributed by atoms with Gasteiger partial charge in [0.25, 0.3) is 0 Å². The van der Waals surface area contributed by atoms with Gasteiger partial charge in [0.05, 0.1) is 10.7 Å². The van der Waals surface area contributed by atoms with Crippen LogP contribution in [0.4, 0.5) is 0 Å². The van der Waals surface area contributed by atoms with E-state index in [1.807, 2.05) is 13.8 Å². The molecule has 5 nitrogen and oxygen atoms in total. The number of hydrogen-bond acceptors (Lipinski definition) is 5. The molecule has 0 spiro atoms. The first-order valence-corrected chi connectivity index (χ1v) is 8.48. The molecule has 118 valence electrons. The molecular formula is C15H25N3O2S. The molecule has 0 saturated carbocycles. The molecule has 1 aromatic rings. The number of hydrogen-bond donors (Lipinski definition) is 2. The van der Waals surface area contributed by atoms with E-state index in [2.05, 4.69) is 20.6 Å². The second-order valence-corrected chi connectivity index (χ2v) is 7.00. The molecule has 1 saturated heterocycles. The second kappa shape index (κ2) is 7.87. The van der Waals surface area contributed by atoms with Gasteiger partial charge in [0.1, 0.15) is 0 Å². The smallest absolute Gasteiger partial charge is 0.223 e. The molecule has 0 aromatic carbocycles. The first-order valence-electron chi connectivity index (χ1n) is 7.60. The van der Waals surface area contributed by atoms with E-state index >= 15 is 0 Å². The fourth-order valence-corrected chi connectivity index (χ4v) is 3.15. The van der Waals surface area contributed by atoms with Crippen molar-refractivity contribution in [1.82, 2.24) is 15.2 Å². The average molecular weight is 311 g/mol. The summed E-state index contributed by atoms with van der Waals surface area (Å²) in [5.74, 6) is 0.380. The number of likely N-dealkylation sites (tertiary alicyclic amines) is 1. The Balaban J connectivity index is 1.71. The van der Waals surface area contributed by atoms with Crippen molar-refractivity contribution in [2.45, 2.75) is 33.2 Å². The third kappa shape index (κ3) is 5.05. The summed E-state index contributed by atoms with van der Waals surface area (Å²) < 4.78 is 0. The maximum atomic E-state index is 12.1. The van der Waals surface area contributed by atoms with E-state index in [1.165, 1.54) is 0 Å². The molecule has 2 N–H and O–H groups in total. The monoisotopic (exact) mass is 311 g/mol. The molecule has 6 heteroatoms. The van der Waals surface area contributed by atoms with Crippen molar-refractivity contribution in [2.75, 3.05) is 26.2 Å². The molecule has 0 bridgehead atoms. The van der Waals surface area contributed by atoms with E-state index in [9.17, 15) is 4.79 Å². The Bertz CT molecular complexity index is 456. The molecule has 1 aromatic heterocycles. The van der Waals surface area contributed by atoms with E-state index in [1.54, 1.807) is 11.3 Å². The van der Waals surface area contributed by atoms with Crippen LogP contribution in [0.5, 0.6) is 0 Å². The minimum atomic E-state index is 0.115. The average Bonchev–Trinajstić information content (AvgIpc) is 2.90. The maximum absolute atomic E-state index is 12.1. The van der Waals surface area contributed by atoms with Gasteiger partial charge in [0.15, 0.2) is 0 Å². The van der Waals surface area contributed by atoms with Gasteiger partial charge in [-0.25, -0.2) is 4.98 Å². The highest BCUT2D eigenvalue weighted by molar-refractivity contribution is 7.09. The van der Waals surface area contributed by atoms with E-state index in [-0.39, 0.29) is 24.3 Å². The molecule has 1 atom stereocenters. The van der Waals surface area contributed by atoms with Crippen molar-refractivity contribution in [2.24, 2.45) is 11.8 Å². The van der Waals surface area contributed by atoms with Crippen LogP contribution in [0, 0.1) is 18.8 Å². The predicted octanol–water partition coefficient (Wildman–Crippen LogP) is 1.41. The van der Waals surface area contributed by atoms with Crippen molar-refractivity contribution in [1.29, 1.82) is 0 Å². The zero-order valence-electron chi connectivity index (χ0n) is 12.8. The molecule has 1 fully saturated rings. The number of aliphatic hydroxyl groups is 1. The molecule has 2 rings (SSSR count). The summed E-state index contributed by atoms with van der Waals surface area (Å²) in [6.45, 7) is 7.42. The quantitative estimate of drug-likeness (QED) is 0.834. The number of thiazole rings is 1. The lowest BCUT2D eigenvalue weighted by atomic mass is 9.95. The Morgan fingerprint density at radius 3 is 2.86 bits per heavy atom. The van der Waals surface area contributed by atoms with Gasteiger partial charge in [0.2, 0.25) is 5.91 Å². The number of rotatable bonds is 6. The van der Waals surface area contributed by atoms with Crippen molar-refractivity contribution >= 4 is 17.2 Å². The van der Waals surface area contributed by atoms with Gasteiger partial charge >= 0.3 is 0 Å². The second-order valence-electron chi connectivity index (χ2n) is 5.94. The highest BCUT2D eigenvalue weighted by atomic mass is 32.1. The fourth-order valence-electron chi connectivity index (χ4n) is 2.55. The zero-order valence-corrected chi connectivity index (χ0v) is 13.7. The summed E-state index contributed by atoms with van der Waals surface area (Å²) in [4.78, 5) is 18.9. The topological polar surface area (TPSA) is 65.5 Å². The number of carbonyl (C=O) groups excluding carboxylic acids is 1. The van der Waals surface area contributed by atoms with Gasteiger partial charge in [-0.15, -0.1) is 11.3 Å². The Kier molecular flexibility index (Phi) is 6.14. The van der Waals surface area contributed by atoms with Crippen LogP contribution >= 0.6 is 11.3 Å². The van der Waals surface area contributed by atoms with Gasteiger partial charge in [0, 0.05) is 31.0 Å². The van der Waals surface area contributed by atoms with Gasteiger partial charge in [-0.3, -0.25) is 9.69 Å². The first kappa shape index (κ1) is 16.4. The number of piperidine rings is 1. The number of amides is 1. The normalized spacial score (nSPS) is 18.6. The number of aromatic nitrogens is 1. The summed E-state index contributed by atoms with van der Waals surface area (Å²) in [5.41, 5.74) is 1.14. The molecule has 0 radical (unpaired) electrons. The van der Waals surface area contributed by atoms with Gasteiger partial charge in [-0.2, -0.15) is 0 Å². The largest absolute Gasteiger partial charge is 0.396 e. The van der Waals surface area contributed by atoms with Crippen molar-refractivity contribution in [3.05, 3.63) is 16.1 Å². The summed E-state index contributed by atoms with van der Waals surface area (Å²) >= 11 is 1.69. The van der Waals surface area contributed by atoms with Gasteiger partial charge < -0.3 is 10.4 Å². The minimum absolute atomic E-state index is 0.115. The molecule has 1 amide bonds. The van der Waals surface area contributed by atoms with Crippen LogP contribution in [-0.4, -0.2) is 47.1 Å². The van der Waals surface area contributed by atoms with Crippen LogP contribution in [0.25, 0.3) is 0 Å². The van der Waals surface area contributed by atoms with Crippen LogP contribution in [0.1, 0.15) is 30.5 Å². The molecule has 21 heavy (non-hydrogen) atoms. The lowest BCUT2D eigenvalue weighted by Crippen LogP contribution is -2.41. The third-order valence-electron chi connectivity index (χ3n) is 3.95. The van der Waals surface area contributed by atoms with Crippen LogP contribution < -0.4 is 5.32 Å². The number of aryl methyl sites for hydroxylation is 1. The molecule has 0 aliphatic carbocycles. The zero-order chi connectivity index (χ0) is 15.2. The molecule has 2 heterocycles. The lowest BCUT2D eigenvalue weighted by Gasteiger charge is -2.30. The Morgan fingerprint density at radius 1 is 1.57 bits per heavy atom. The standard InChI is InChI=1S/C15H25N3O2S/c1-11(9-19)7-16-15(20)13-3-5-18(6-4-13)8-14-10-21-12(2)17-14/h10-11,13,19H,3-9H2,1-2H3,(H,16,20). The van der Waals surface area contributed by atoms with Crippen LogP contribution in [0.15, 0.2) is 5.38 Å². The Morgan fingerprint density at radius 2 is 2.29 bits per heavy atom. The van der Waals surface area contributed by atoms with E-state index in [0.29, 0.717) is 6.54 Å². The van der Waals surface area contributed by atoms with Crippen LogP contribution in [0.2, 0.25) is 0 Å². The van der Waals surface area contributed by atoms with Crippen LogP contribution in [0.3, 0.4) is 0 Å². The van der Waals surface area contributed by atoms with Crippen molar-refractivity contribution < 1.29 is 9.90 Å². The molecular weight excluding hydrogens is 286 g/mol. The Labute approximate surface area is 130 Å².